The molecule has 1 aromatic carbocycles. The highest BCUT2D eigenvalue weighted by Gasteiger charge is 2.19. The molecule has 0 saturated carbocycles. The number of hydrogen-bond acceptors (Lipinski definition) is 6. The molecule has 0 radical (unpaired) electrons. The molecule has 1 N–H and O–H groups in total. The van der Waals surface area contributed by atoms with Crippen molar-refractivity contribution >= 4 is 27.3 Å². The smallest absolute Gasteiger partial charge is 0.273 e. The first-order chi connectivity index (χ1) is 10.5. The number of amides is 1. The standard InChI is InChI=1S/C14H15NO5S2/c1-2-19-11-6-3-4-7-12(11)20-10-13(16)15-22(17,18)14-8-5-9-21-14/h3-9H,2,10H2,1H3,(H,15,16). The van der Waals surface area contributed by atoms with Crippen molar-refractivity contribution in [2.45, 2.75) is 11.1 Å². The molecular weight excluding hydrogens is 326 g/mol. The van der Waals surface area contributed by atoms with E-state index >= 15 is 0 Å². The van der Waals surface area contributed by atoms with Gasteiger partial charge in [0, 0.05) is 0 Å². The van der Waals surface area contributed by atoms with Crippen LogP contribution in [-0.2, 0) is 14.8 Å². The van der Waals surface area contributed by atoms with Crippen molar-refractivity contribution in [3.05, 3.63) is 41.8 Å². The Labute approximate surface area is 132 Å². The largest absolute Gasteiger partial charge is 0.490 e. The summed E-state index contributed by atoms with van der Waals surface area (Å²) in [6.45, 7) is 1.87. The lowest BCUT2D eigenvalue weighted by Gasteiger charge is -2.11. The van der Waals surface area contributed by atoms with E-state index in [0.717, 1.165) is 11.3 Å². The Kier molecular flexibility index (Phi) is 5.40. The number of benzene rings is 1. The van der Waals surface area contributed by atoms with Crippen molar-refractivity contribution in [2.24, 2.45) is 0 Å². The zero-order valence-corrected chi connectivity index (χ0v) is 13.4. The van der Waals surface area contributed by atoms with Gasteiger partial charge in [0.15, 0.2) is 18.1 Å². The minimum Gasteiger partial charge on any atom is -0.490 e. The quantitative estimate of drug-likeness (QED) is 0.833. The summed E-state index contributed by atoms with van der Waals surface area (Å²) >= 11 is 1.03. The van der Waals surface area contributed by atoms with Crippen LogP contribution in [0.1, 0.15) is 6.92 Å². The van der Waals surface area contributed by atoms with Crippen molar-refractivity contribution < 1.29 is 22.7 Å². The van der Waals surface area contributed by atoms with Crippen molar-refractivity contribution in [1.82, 2.24) is 4.72 Å². The van der Waals surface area contributed by atoms with Crippen LogP contribution in [0.2, 0.25) is 0 Å². The van der Waals surface area contributed by atoms with Crippen LogP contribution in [0.15, 0.2) is 46.0 Å². The first kappa shape index (κ1) is 16.3. The van der Waals surface area contributed by atoms with Crippen molar-refractivity contribution in [3.63, 3.8) is 0 Å². The van der Waals surface area contributed by atoms with Crippen LogP contribution in [-0.4, -0.2) is 27.5 Å². The molecule has 8 heteroatoms. The molecule has 0 aliphatic heterocycles. The Hall–Kier alpha value is -2.06. The Morgan fingerprint density at radius 3 is 2.41 bits per heavy atom. The number of nitrogens with one attached hydrogen (secondary N) is 1. The topological polar surface area (TPSA) is 81.7 Å². The van der Waals surface area contributed by atoms with Crippen LogP contribution in [0, 0.1) is 0 Å². The van der Waals surface area contributed by atoms with Gasteiger partial charge in [-0.3, -0.25) is 4.79 Å². The third-order valence-electron chi connectivity index (χ3n) is 2.52. The SMILES string of the molecule is CCOc1ccccc1OCC(=O)NS(=O)(=O)c1cccs1. The zero-order valence-electron chi connectivity index (χ0n) is 11.8. The van der Waals surface area contributed by atoms with Gasteiger partial charge in [-0.1, -0.05) is 18.2 Å². The molecule has 6 nitrogen and oxygen atoms in total. The lowest BCUT2D eigenvalue weighted by atomic mass is 10.3. The minimum atomic E-state index is -3.83. The van der Waals surface area contributed by atoms with E-state index in [-0.39, 0.29) is 4.21 Å². The summed E-state index contributed by atoms with van der Waals surface area (Å²) in [6.07, 6.45) is 0. The molecular formula is C14H15NO5S2. The van der Waals surface area contributed by atoms with E-state index in [1.807, 2.05) is 11.6 Å². The van der Waals surface area contributed by atoms with Crippen LogP contribution in [0.4, 0.5) is 0 Å². The molecule has 0 saturated heterocycles. The molecule has 0 fully saturated rings. The zero-order chi connectivity index (χ0) is 16.0. The van der Waals surface area contributed by atoms with Crippen LogP contribution in [0.3, 0.4) is 0 Å². The Bertz CT molecular complexity index is 725. The van der Waals surface area contributed by atoms with Gasteiger partial charge in [-0.15, -0.1) is 11.3 Å². The van der Waals surface area contributed by atoms with Gasteiger partial charge in [-0.05, 0) is 30.5 Å². The second-order valence-corrected chi connectivity index (χ2v) is 6.99. The van der Waals surface area contributed by atoms with E-state index in [2.05, 4.69) is 0 Å². The molecule has 118 valence electrons. The predicted molar refractivity (Wildman–Crippen MR) is 82.8 cm³/mol. The van der Waals surface area contributed by atoms with Crippen LogP contribution >= 0.6 is 11.3 Å². The highest BCUT2D eigenvalue weighted by Crippen LogP contribution is 2.26. The van der Waals surface area contributed by atoms with Crippen molar-refractivity contribution in [3.8, 4) is 11.5 Å². The van der Waals surface area contributed by atoms with Gasteiger partial charge in [0.05, 0.1) is 6.61 Å². The maximum Gasteiger partial charge on any atom is 0.273 e. The third kappa shape index (κ3) is 4.22. The van der Waals surface area contributed by atoms with E-state index in [0.29, 0.717) is 18.1 Å². The fourth-order valence-electron chi connectivity index (χ4n) is 1.63. The van der Waals surface area contributed by atoms with Crippen LogP contribution < -0.4 is 14.2 Å². The molecule has 22 heavy (non-hydrogen) atoms. The number of carbonyl (C=O) groups is 1. The lowest BCUT2D eigenvalue weighted by molar-refractivity contribution is -0.121. The molecule has 2 aromatic rings. The number of thiophene rings is 1. The number of sulfonamides is 1. The summed E-state index contributed by atoms with van der Waals surface area (Å²) in [7, 11) is -3.83. The Morgan fingerprint density at radius 2 is 1.82 bits per heavy atom. The Morgan fingerprint density at radius 1 is 1.14 bits per heavy atom. The number of rotatable bonds is 7. The first-order valence-electron chi connectivity index (χ1n) is 6.46. The van der Waals surface area contributed by atoms with Gasteiger partial charge in [0.25, 0.3) is 15.9 Å². The van der Waals surface area contributed by atoms with Gasteiger partial charge < -0.3 is 9.47 Å². The molecule has 0 atom stereocenters. The summed E-state index contributed by atoms with van der Waals surface area (Å²) in [5.74, 6) is 0.131. The molecule has 0 bridgehead atoms. The van der Waals surface area contributed by atoms with Gasteiger partial charge in [-0.25, -0.2) is 13.1 Å². The molecule has 0 spiro atoms. The summed E-state index contributed by atoms with van der Waals surface area (Å²) in [5, 5.41) is 1.62. The molecule has 0 aliphatic carbocycles. The van der Waals surface area contributed by atoms with E-state index in [1.165, 1.54) is 6.07 Å². The van der Waals surface area contributed by atoms with E-state index in [9.17, 15) is 13.2 Å². The van der Waals surface area contributed by atoms with Crippen LogP contribution in [0.25, 0.3) is 0 Å². The Balaban J connectivity index is 1.96. The highest BCUT2D eigenvalue weighted by atomic mass is 32.2. The monoisotopic (exact) mass is 341 g/mol. The normalized spacial score (nSPS) is 11.0. The summed E-state index contributed by atoms with van der Waals surface area (Å²) in [4.78, 5) is 11.7. The molecule has 1 heterocycles. The second-order valence-electron chi connectivity index (χ2n) is 4.13. The predicted octanol–water partition coefficient (Wildman–Crippen LogP) is 2.03. The highest BCUT2D eigenvalue weighted by molar-refractivity contribution is 7.92. The van der Waals surface area contributed by atoms with Gasteiger partial charge in [0.2, 0.25) is 0 Å². The average Bonchev–Trinajstić information content (AvgIpc) is 3.01. The number of ether oxygens (including phenoxy) is 2. The third-order valence-corrected chi connectivity index (χ3v) is 5.29. The fraction of sp³-hybridized carbons (Fsp3) is 0.214. The summed E-state index contributed by atoms with van der Waals surface area (Å²) in [5.41, 5.74) is 0. The van der Waals surface area contributed by atoms with E-state index in [4.69, 9.17) is 9.47 Å². The summed E-state index contributed by atoms with van der Waals surface area (Å²) in [6, 6.07) is 9.88. The maximum atomic E-state index is 11.9. The van der Waals surface area contributed by atoms with Crippen molar-refractivity contribution in [1.29, 1.82) is 0 Å². The molecule has 1 amide bonds. The number of carbonyl (C=O) groups excluding carboxylic acids is 1. The van der Waals surface area contributed by atoms with Crippen LogP contribution in [0.5, 0.6) is 11.5 Å². The van der Waals surface area contributed by atoms with Crippen molar-refractivity contribution in [2.75, 3.05) is 13.2 Å². The lowest BCUT2D eigenvalue weighted by Crippen LogP contribution is -2.34. The second kappa shape index (κ2) is 7.28. The summed E-state index contributed by atoms with van der Waals surface area (Å²) < 4.78 is 36.5. The molecule has 2 rings (SSSR count). The maximum absolute atomic E-state index is 11.9. The van der Waals surface area contributed by atoms with E-state index in [1.54, 1.807) is 35.7 Å². The fourth-order valence-corrected chi connectivity index (χ4v) is 3.60. The molecule has 0 aliphatic rings. The first-order valence-corrected chi connectivity index (χ1v) is 8.83. The average molecular weight is 341 g/mol. The minimum absolute atomic E-state index is 0.0792. The van der Waals surface area contributed by atoms with Gasteiger partial charge >= 0.3 is 0 Å². The number of para-hydroxylation sites is 2. The number of hydrogen-bond donors (Lipinski definition) is 1. The van der Waals surface area contributed by atoms with E-state index < -0.39 is 22.5 Å². The molecule has 1 aromatic heterocycles. The van der Waals surface area contributed by atoms with Gasteiger partial charge in [0.1, 0.15) is 4.21 Å². The molecule has 0 unspecified atom stereocenters. The van der Waals surface area contributed by atoms with Gasteiger partial charge in [-0.2, -0.15) is 0 Å².